The van der Waals surface area contributed by atoms with E-state index in [2.05, 4.69) is 67.7 Å². The number of esters is 3. The maximum absolute atomic E-state index is 11.9. The topological polar surface area (TPSA) is 155 Å². The van der Waals surface area contributed by atoms with Gasteiger partial charge >= 0.3 is 17.9 Å². The molecule has 0 spiro atoms. The molecule has 0 radical (unpaired) electrons. The summed E-state index contributed by atoms with van der Waals surface area (Å²) in [6.07, 6.45) is 17.5. The van der Waals surface area contributed by atoms with Gasteiger partial charge in [0, 0.05) is 76.8 Å². The van der Waals surface area contributed by atoms with Gasteiger partial charge in [-0.1, -0.05) is 80.1 Å². The van der Waals surface area contributed by atoms with Crippen LogP contribution in [0.5, 0.6) is 0 Å². The lowest BCUT2D eigenvalue weighted by Crippen LogP contribution is -2.44. The molecule has 10 atom stereocenters. The van der Waals surface area contributed by atoms with E-state index < -0.39 is 16.6 Å². The third-order valence-corrected chi connectivity index (χ3v) is 24.9. The van der Waals surface area contributed by atoms with Gasteiger partial charge in [0.05, 0.1) is 37.9 Å². The molecule has 412 valence electrons. The summed E-state index contributed by atoms with van der Waals surface area (Å²) >= 11 is 9.53. The SMILES string of the molecule is COC(=O)CCCCCCC1[C@@H](CO[Si](C)(C)C(C)(C)C)[C@H](OC2CCCCO2)C[C@@H]1O.COC(=O)CCCCCCC1[C@@H](OC(C)=O)C[C@@H](OC2CCCCO2)[C@@H]1CO[Si](C)(C)C(C)(C)C.ClCCl. The van der Waals surface area contributed by atoms with Crippen LogP contribution < -0.4 is 0 Å². The molecule has 17 heteroatoms. The quantitative estimate of drug-likeness (QED) is 0.0303. The summed E-state index contributed by atoms with van der Waals surface area (Å²) in [6, 6.07) is 0. The smallest absolute Gasteiger partial charge is 0.305 e. The van der Waals surface area contributed by atoms with E-state index in [4.69, 9.17) is 65.2 Å². The maximum atomic E-state index is 11.9. The van der Waals surface area contributed by atoms with Crippen molar-refractivity contribution in [3.63, 3.8) is 0 Å². The molecule has 4 rings (SSSR count). The predicted molar refractivity (Wildman–Crippen MR) is 284 cm³/mol. The van der Waals surface area contributed by atoms with Gasteiger partial charge in [-0.3, -0.25) is 14.4 Å². The van der Waals surface area contributed by atoms with Crippen molar-refractivity contribution in [3.05, 3.63) is 0 Å². The van der Waals surface area contributed by atoms with Crippen molar-refractivity contribution in [2.24, 2.45) is 23.7 Å². The summed E-state index contributed by atoms with van der Waals surface area (Å²) in [6.45, 7) is 27.0. The van der Waals surface area contributed by atoms with Crippen molar-refractivity contribution in [2.45, 2.75) is 250 Å². The molecule has 2 saturated heterocycles. The normalized spacial score (nSPS) is 27.4. The van der Waals surface area contributed by atoms with Crippen LogP contribution in [0.15, 0.2) is 0 Å². The number of rotatable bonds is 25. The van der Waals surface area contributed by atoms with Crippen LogP contribution in [-0.4, -0.2) is 123 Å². The first kappa shape index (κ1) is 65.3. The van der Waals surface area contributed by atoms with Crippen molar-refractivity contribution >= 4 is 57.7 Å². The first-order valence-electron chi connectivity index (χ1n) is 26.8. The van der Waals surface area contributed by atoms with Crippen molar-refractivity contribution in [2.75, 3.05) is 46.0 Å². The van der Waals surface area contributed by atoms with Crippen LogP contribution in [-0.2, 0) is 56.4 Å². The molecule has 0 amide bonds. The first-order valence-corrected chi connectivity index (χ1v) is 33.7. The summed E-state index contributed by atoms with van der Waals surface area (Å²) in [5, 5.41) is 11.4. The largest absolute Gasteiger partial charge is 0.469 e. The lowest BCUT2D eigenvalue weighted by molar-refractivity contribution is -0.198. The Morgan fingerprint density at radius 3 is 1.37 bits per heavy atom. The second-order valence-electron chi connectivity index (χ2n) is 23.1. The van der Waals surface area contributed by atoms with Crippen molar-refractivity contribution in [1.82, 2.24) is 0 Å². The zero-order chi connectivity index (χ0) is 52.5. The Kier molecular flexibility index (Phi) is 31.0. The van der Waals surface area contributed by atoms with Gasteiger partial charge in [0.25, 0.3) is 0 Å². The summed E-state index contributed by atoms with van der Waals surface area (Å²) < 4.78 is 53.2. The van der Waals surface area contributed by atoms with Crippen LogP contribution in [0.3, 0.4) is 0 Å². The Balaban J connectivity index is 0.000000456. The third kappa shape index (κ3) is 23.8. The van der Waals surface area contributed by atoms with Crippen molar-refractivity contribution in [3.8, 4) is 0 Å². The molecule has 4 unspecified atom stereocenters. The monoisotopic (exact) mass is 1070 g/mol. The number of unbranched alkanes of at least 4 members (excludes halogenated alkanes) is 6. The van der Waals surface area contributed by atoms with Crippen LogP contribution >= 0.6 is 23.2 Å². The minimum atomic E-state index is -1.94. The van der Waals surface area contributed by atoms with Gasteiger partial charge < -0.3 is 47.1 Å². The molecule has 4 fully saturated rings. The number of ether oxygens (including phenoxy) is 7. The van der Waals surface area contributed by atoms with Crippen LogP contribution in [0, 0.1) is 23.7 Å². The molecular formula is C53H100Cl2O13Si2. The summed E-state index contributed by atoms with van der Waals surface area (Å²) in [5.41, 5.74) is 0. The Bertz CT molecular complexity index is 1450. The molecule has 0 bridgehead atoms. The number of aliphatic hydroxyl groups is 1. The molecule has 0 aromatic rings. The fourth-order valence-electron chi connectivity index (χ4n) is 9.49. The second-order valence-corrected chi connectivity index (χ2v) is 33.5. The van der Waals surface area contributed by atoms with Crippen LogP contribution in [0.1, 0.15) is 177 Å². The van der Waals surface area contributed by atoms with Gasteiger partial charge in [0.2, 0.25) is 0 Å². The summed E-state index contributed by atoms with van der Waals surface area (Å²) in [4.78, 5) is 34.6. The minimum absolute atomic E-state index is 0.0119. The lowest BCUT2D eigenvalue weighted by Gasteiger charge is -2.39. The fraction of sp³-hybridized carbons (Fsp3) is 0.943. The number of methoxy groups -OCH3 is 2. The number of carbonyl (C=O) groups is 3. The number of hydrogen-bond acceptors (Lipinski definition) is 13. The van der Waals surface area contributed by atoms with Gasteiger partial charge in [-0.05, 0) is 106 Å². The van der Waals surface area contributed by atoms with Crippen LogP contribution in [0.4, 0.5) is 0 Å². The van der Waals surface area contributed by atoms with Gasteiger partial charge in [-0.25, -0.2) is 0 Å². The van der Waals surface area contributed by atoms with E-state index in [0.29, 0.717) is 38.9 Å². The van der Waals surface area contributed by atoms with E-state index in [1.165, 1.54) is 21.1 Å². The standard InChI is InChI=1S/C27H50O7Si.C25H48O6Si.CH2Cl2/c1-20(28)33-23-18-24(34-26-16-12-13-17-31-26)22(19-32-35(6,7)27(2,3)4)21(23)14-10-8-9-11-15-25(29)30-5;1-25(2,3)32(5,6)30-18-20-19(13-9-7-8-10-14-23(27)28-4)21(26)17-22(20)31-24-15-11-12-16-29-24;2-1-3/h21-24,26H,8-19H2,1-7H3;19-22,24,26H,7-18H2,1-6H3;1H2/t21?,22-,23+,24-,26?;19?,20-,21+,22-,24?;/m11./s1. The number of alkyl halides is 2. The van der Waals surface area contributed by atoms with Gasteiger partial charge in [-0.15, -0.1) is 23.2 Å². The van der Waals surface area contributed by atoms with Crippen LogP contribution in [0.2, 0.25) is 36.3 Å². The van der Waals surface area contributed by atoms with Gasteiger partial charge in [0.1, 0.15) is 6.10 Å². The molecule has 4 aliphatic rings. The highest BCUT2D eigenvalue weighted by molar-refractivity contribution is 6.74. The third-order valence-electron chi connectivity index (χ3n) is 15.9. The Labute approximate surface area is 437 Å². The van der Waals surface area contributed by atoms with E-state index in [9.17, 15) is 19.5 Å². The van der Waals surface area contributed by atoms with E-state index in [1.807, 2.05) is 0 Å². The molecule has 70 heavy (non-hydrogen) atoms. The molecule has 1 N–H and O–H groups in total. The Hall–Kier alpha value is -0.856. The minimum Gasteiger partial charge on any atom is -0.469 e. The maximum Gasteiger partial charge on any atom is 0.305 e. The summed E-state index contributed by atoms with van der Waals surface area (Å²) in [5.74, 6) is 0.213. The number of carbonyl (C=O) groups excluding carboxylic acids is 3. The zero-order valence-corrected chi connectivity index (χ0v) is 49.6. The second kappa shape index (κ2) is 33.2. The predicted octanol–water partition coefficient (Wildman–Crippen LogP) is 12.9. The summed E-state index contributed by atoms with van der Waals surface area (Å²) in [7, 11) is -0.953. The van der Waals surface area contributed by atoms with E-state index in [0.717, 1.165) is 116 Å². The molecule has 2 aliphatic carbocycles. The zero-order valence-electron chi connectivity index (χ0n) is 46.1. The molecule has 0 aromatic heterocycles. The van der Waals surface area contributed by atoms with E-state index in [1.54, 1.807) is 0 Å². The Morgan fingerprint density at radius 1 is 0.586 bits per heavy atom. The highest BCUT2D eigenvalue weighted by Gasteiger charge is 2.49. The highest BCUT2D eigenvalue weighted by Crippen LogP contribution is 2.45. The van der Waals surface area contributed by atoms with Crippen molar-refractivity contribution in [1.29, 1.82) is 0 Å². The van der Waals surface area contributed by atoms with Crippen molar-refractivity contribution < 1.29 is 61.5 Å². The Morgan fingerprint density at radius 2 is 0.986 bits per heavy atom. The van der Waals surface area contributed by atoms with Gasteiger partial charge in [-0.2, -0.15) is 0 Å². The van der Waals surface area contributed by atoms with Crippen LogP contribution in [0.25, 0.3) is 0 Å². The van der Waals surface area contributed by atoms with E-state index >= 15 is 0 Å². The fourth-order valence-corrected chi connectivity index (χ4v) is 11.6. The lowest BCUT2D eigenvalue weighted by atomic mass is 9.89. The highest BCUT2D eigenvalue weighted by atomic mass is 35.5. The average Bonchev–Trinajstić information content (AvgIpc) is 3.76. The molecule has 13 nitrogen and oxygen atoms in total. The molecule has 2 saturated carbocycles. The number of hydrogen-bond donors (Lipinski definition) is 1. The van der Waals surface area contributed by atoms with E-state index in [-0.39, 0.29) is 94.0 Å². The van der Waals surface area contributed by atoms with Gasteiger partial charge in [0.15, 0.2) is 29.2 Å². The molecule has 2 heterocycles. The number of halogens is 2. The average molecular weight is 1070 g/mol. The molecule has 0 aromatic carbocycles. The first-order chi connectivity index (χ1) is 32.9. The number of aliphatic hydroxyl groups excluding tert-OH is 1. The molecular weight excluding hydrogens is 972 g/mol. The molecule has 2 aliphatic heterocycles.